The Morgan fingerprint density at radius 2 is 1.55 bits per heavy atom. The van der Waals surface area contributed by atoms with Gasteiger partial charge in [0.1, 0.15) is 9.84 Å². The van der Waals surface area contributed by atoms with Crippen molar-refractivity contribution >= 4 is 15.7 Å². The van der Waals surface area contributed by atoms with Crippen LogP contribution in [0.5, 0.6) is 0 Å². The second-order valence-corrected chi connectivity index (χ2v) is 10.3. The summed E-state index contributed by atoms with van der Waals surface area (Å²) in [5.74, 6) is 0.138. The van der Waals surface area contributed by atoms with Crippen LogP contribution in [0.4, 0.5) is 0 Å². The quantitative estimate of drug-likeness (QED) is 0.797. The molecule has 0 bridgehead atoms. The van der Waals surface area contributed by atoms with E-state index in [1.807, 2.05) is 27.7 Å². The van der Waals surface area contributed by atoms with Crippen LogP contribution in [0.15, 0.2) is 0 Å². The third kappa shape index (κ3) is 3.81. The minimum absolute atomic E-state index is 0.0152. The molecule has 2 aliphatic heterocycles. The molecule has 0 radical (unpaired) electrons. The number of sulfone groups is 1. The van der Waals surface area contributed by atoms with Crippen molar-refractivity contribution in [2.75, 3.05) is 11.5 Å². The monoisotopic (exact) mass is 332 g/mol. The fraction of sp³-hybridized carbons (Fsp3) is 0.933. The van der Waals surface area contributed by atoms with Crippen molar-refractivity contribution in [3.8, 4) is 0 Å². The summed E-state index contributed by atoms with van der Waals surface area (Å²) in [5.41, 5.74) is -0.917. The van der Waals surface area contributed by atoms with E-state index in [0.717, 1.165) is 0 Å². The van der Waals surface area contributed by atoms with E-state index in [-0.39, 0.29) is 29.4 Å². The molecule has 0 aliphatic carbocycles. The van der Waals surface area contributed by atoms with E-state index in [0.29, 0.717) is 25.7 Å². The van der Waals surface area contributed by atoms with Gasteiger partial charge in [0.15, 0.2) is 0 Å². The number of hydroxylamine groups is 2. The Kier molecular flexibility index (Phi) is 4.63. The van der Waals surface area contributed by atoms with Crippen LogP contribution >= 0.6 is 0 Å². The van der Waals surface area contributed by atoms with E-state index >= 15 is 0 Å². The molecule has 0 unspecified atom stereocenters. The first kappa shape index (κ1) is 17.7. The number of nitrogens with zero attached hydrogens (tertiary/aromatic N) is 1. The molecule has 2 heterocycles. The fourth-order valence-corrected chi connectivity index (χ4v) is 5.30. The van der Waals surface area contributed by atoms with E-state index < -0.39 is 20.9 Å². The van der Waals surface area contributed by atoms with Crippen LogP contribution in [0.25, 0.3) is 0 Å². The molecule has 7 heteroatoms. The summed E-state index contributed by atoms with van der Waals surface area (Å²) in [7, 11) is -2.91. The highest BCUT2D eigenvalue weighted by Crippen LogP contribution is 2.40. The van der Waals surface area contributed by atoms with E-state index in [1.54, 1.807) is 0 Å². The maximum Gasteiger partial charge on any atom is 0.223 e. The standard InChI is InChI=1S/C15H28N2O4S/c1-14(2)9-11(10-15(3,4)17(14)19)13(18)16-12-5-7-22(20,21)8-6-12/h11-12,19H,5-10H2,1-4H3,(H,16,18). The van der Waals surface area contributed by atoms with Gasteiger partial charge < -0.3 is 10.5 Å². The van der Waals surface area contributed by atoms with Crippen LogP contribution in [0.3, 0.4) is 0 Å². The maximum absolute atomic E-state index is 12.5. The van der Waals surface area contributed by atoms with Gasteiger partial charge in [0.05, 0.1) is 11.5 Å². The topological polar surface area (TPSA) is 86.7 Å². The molecular weight excluding hydrogens is 304 g/mol. The normalized spacial score (nSPS) is 29.1. The molecule has 6 nitrogen and oxygen atoms in total. The van der Waals surface area contributed by atoms with Crippen molar-refractivity contribution in [2.24, 2.45) is 5.92 Å². The fourth-order valence-electron chi connectivity index (χ4n) is 3.81. The Bertz CT molecular complexity index is 510. The SMILES string of the molecule is CC1(C)CC(C(=O)NC2CCS(=O)(=O)CC2)CC(C)(C)N1O. The average molecular weight is 332 g/mol. The molecule has 1 amide bonds. The third-order valence-corrected chi connectivity index (χ3v) is 6.63. The Balaban J connectivity index is 1.98. The van der Waals surface area contributed by atoms with Gasteiger partial charge in [0.25, 0.3) is 0 Å². The second kappa shape index (κ2) is 5.76. The molecule has 2 saturated heterocycles. The molecule has 22 heavy (non-hydrogen) atoms. The summed E-state index contributed by atoms with van der Waals surface area (Å²) in [6.07, 6.45) is 2.17. The second-order valence-electron chi connectivity index (χ2n) is 7.98. The number of carbonyl (C=O) groups is 1. The smallest absolute Gasteiger partial charge is 0.223 e. The van der Waals surface area contributed by atoms with Gasteiger partial charge >= 0.3 is 0 Å². The van der Waals surface area contributed by atoms with Crippen LogP contribution in [-0.4, -0.2) is 53.2 Å². The van der Waals surface area contributed by atoms with Gasteiger partial charge in [0.2, 0.25) is 5.91 Å². The van der Waals surface area contributed by atoms with Crippen LogP contribution in [0, 0.1) is 5.92 Å². The molecule has 0 aromatic carbocycles. The maximum atomic E-state index is 12.5. The zero-order valence-electron chi connectivity index (χ0n) is 13.9. The zero-order chi connectivity index (χ0) is 16.8. The lowest BCUT2D eigenvalue weighted by atomic mass is 9.75. The average Bonchev–Trinajstić information content (AvgIpc) is 2.37. The third-order valence-electron chi connectivity index (χ3n) is 4.91. The molecule has 128 valence electrons. The molecule has 2 fully saturated rings. The first-order valence-corrected chi connectivity index (χ1v) is 9.75. The van der Waals surface area contributed by atoms with Gasteiger partial charge in [-0.25, -0.2) is 8.42 Å². The van der Waals surface area contributed by atoms with E-state index in [9.17, 15) is 18.4 Å². The number of amides is 1. The first-order valence-electron chi connectivity index (χ1n) is 7.93. The van der Waals surface area contributed by atoms with Crippen LogP contribution in [-0.2, 0) is 14.6 Å². The van der Waals surface area contributed by atoms with Crippen molar-refractivity contribution in [3.63, 3.8) is 0 Å². The lowest BCUT2D eigenvalue weighted by molar-refractivity contribution is -0.249. The summed E-state index contributed by atoms with van der Waals surface area (Å²) >= 11 is 0. The molecular formula is C15H28N2O4S. The number of nitrogens with one attached hydrogen (secondary N) is 1. The summed E-state index contributed by atoms with van der Waals surface area (Å²) in [6.45, 7) is 7.73. The van der Waals surface area contributed by atoms with Crippen molar-refractivity contribution < 1.29 is 18.4 Å². The van der Waals surface area contributed by atoms with Crippen LogP contribution in [0.1, 0.15) is 53.4 Å². The molecule has 0 saturated carbocycles. The molecule has 0 atom stereocenters. The molecule has 2 N–H and O–H groups in total. The summed E-state index contributed by atoms with van der Waals surface area (Å²) in [4.78, 5) is 12.5. The number of hydrogen-bond donors (Lipinski definition) is 2. The van der Waals surface area contributed by atoms with Crippen LogP contribution in [0.2, 0.25) is 0 Å². The van der Waals surface area contributed by atoms with E-state index in [1.165, 1.54) is 5.06 Å². The highest BCUT2D eigenvalue weighted by atomic mass is 32.2. The lowest BCUT2D eigenvalue weighted by Gasteiger charge is -2.51. The minimum atomic E-state index is -2.91. The Morgan fingerprint density at radius 3 is 2.00 bits per heavy atom. The highest BCUT2D eigenvalue weighted by molar-refractivity contribution is 7.91. The predicted octanol–water partition coefficient (Wildman–Crippen LogP) is 1.34. The molecule has 2 rings (SSSR count). The number of piperidine rings is 1. The van der Waals surface area contributed by atoms with E-state index in [2.05, 4.69) is 5.32 Å². The van der Waals surface area contributed by atoms with Gasteiger partial charge in [-0.2, -0.15) is 5.06 Å². The lowest BCUT2D eigenvalue weighted by Crippen LogP contribution is -2.61. The molecule has 0 aromatic heterocycles. The van der Waals surface area contributed by atoms with Gasteiger partial charge in [-0.3, -0.25) is 4.79 Å². The summed E-state index contributed by atoms with van der Waals surface area (Å²) in [6, 6.07) is -0.0468. The highest BCUT2D eigenvalue weighted by Gasteiger charge is 2.47. The van der Waals surface area contributed by atoms with Crippen molar-refractivity contribution in [2.45, 2.75) is 70.5 Å². The first-order chi connectivity index (χ1) is 9.93. The minimum Gasteiger partial charge on any atom is -0.353 e. The van der Waals surface area contributed by atoms with Gasteiger partial charge in [-0.05, 0) is 53.4 Å². The zero-order valence-corrected chi connectivity index (χ0v) is 14.7. The molecule has 0 spiro atoms. The predicted molar refractivity (Wildman–Crippen MR) is 84.3 cm³/mol. The number of rotatable bonds is 2. The van der Waals surface area contributed by atoms with Crippen LogP contribution < -0.4 is 5.32 Å². The largest absolute Gasteiger partial charge is 0.353 e. The molecule has 2 aliphatic rings. The van der Waals surface area contributed by atoms with Crippen molar-refractivity contribution in [1.29, 1.82) is 0 Å². The summed E-state index contributed by atoms with van der Waals surface area (Å²) in [5, 5.41) is 14.6. The van der Waals surface area contributed by atoms with Gasteiger partial charge in [-0.1, -0.05) is 0 Å². The Morgan fingerprint density at radius 1 is 1.09 bits per heavy atom. The number of carbonyl (C=O) groups excluding carboxylic acids is 1. The number of hydrogen-bond acceptors (Lipinski definition) is 5. The Hall–Kier alpha value is -0.660. The van der Waals surface area contributed by atoms with Gasteiger partial charge in [-0.15, -0.1) is 0 Å². The van der Waals surface area contributed by atoms with Crippen molar-refractivity contribution in [1.82, 2.24) is 10.4 Å². The van der Waals surface area contributed by atoms with E-state index in [4.69, 9.17) is 0 Å². The summed E-state index contributed by atoms with van der Waals surface area (Å²) < 4.78 is 22.9. The molecule has 0 aromatic rings. The van der Waals surface area contributed by atoms with Crippen molar-refractivity contribution in [3.05, 3.63) is 0 Å². The van der Waals surface area contributed by atoms with Gasteiger partial charge in [0, 0.05) is 23.0 Å². The Labute approximate surface area is 133 Å².